The highest BCUT2D eigenvalue weighted by Crippen LogP contribution is 2.46. The standard InChI is InChI=1S/C18H19Cl3F3N3O/c1-2-3-13(25-8-15-26-14(9-28-15)18(22,23)24)17(4-5-17)27-16-11(20)6-10(19)7-12(16)21/h6-7,9,13,25,27H,2-5,8H2,1H3. The number of rotatable bonds is 8. The number of benzene rings is 1. The summed E-state index contributed by atoms with van der Waals surface area (Å²) in [6.45, 7) is 2.13. The largest absolute Gasteiger partial charge is 0.447 e. The second-order valence-corrected chi connectivity index (χ2v) is 8.12. The predicted octanol–water partition coefficient (Wildman–Crippen LogP) is 6.56. The van der Waals surface area contributed by atoms with Crippen molar-refractivity contribution in [1.29, 1.82) is 0 Å². The molecule has 4 nitrogen and oxygen atoms in total. The van der Waals surface area contributed by atoms with Gasteiger partial charge in [0.25, 0.3) is 0 Å². The Balaban J connectivity index is 1.72. The third kappa shape index (κ3) is 4.87. The summed E-state index contributed by atoms with van der Waals surface area (Å²) in [5, 5.41) is 7.98. The Morgan fingerprint density at radius 2 is 1.86 bits per heavy atom. The van der Waals surface area contributed by atoms with E-state index >= 15 is 0 Å². The Kier molecular flexibility index (Phi) is 6.39. The number of hydrogen-bond donors (Lipinski definition) is 2. The number of nitrogens with zero attached hydrogens (tertiary/aromatic N) is 1. The molecule has 0 amide bonds. The quantitative estimate of drug-likeness (QED) is 0.472. The van der Waals surface area contributed by atoms with Crippen LogP contribution in [0.1, 0.15) is 44.2 Å². The summed E-state index contributed by atoms with van der Waals surface area (Å²) in [4.78, 5) is 3.51. The van der Waals surface area contributed by atoms with E-state index in [1.807, 2.05) is 6.92 Å². The van der Waals surface area contributed by atoms with E-state index in [-0.39, 0.29) is 24.0 Å². The van der Waals surface area contributed by atoms with Gasteiger partial charge in [-0.05, 0) is 31.4 Å². The molecule has 0 spiro atoms. The summed E-state index contributed by atoms with van der Waals surface area (Å²) in [5.41, 5.74) is -0.727. The van der Waals surface area contributed by atoms with E-state index in [0.29, 0.717) is 27.0 Å². The molecule has 0 saturated heterocycles. The second-order valence-electron chi connectivity index (χ2n) is 6.87. The van der Waals surface area contributed by atoms with Crippen LogP contribution in [0.2, 0.25) is 15.1 Å². The van der Waals surface area contributed by atoms with Crippen LogP contribution in [-0.2, 0) is 12.7 Å². The molecule has 0 aliphatic heterocycles. The van der Waals surface area contributed by atoms with Crippen molar-refractivity contribution in [2.75, 3.05) is 5.32 Å². The van der Waals surface area contributed by atoms with Gasteiger partial charge in [-0.3, -0.25) is 0 Å². The fourth-order valence-corrected chi connectivity index (χ4v) is 4.11. The van der Waals surface area contributed by atoms with Crippen LogP contribution in [0, 0.1) is 0 Å². The summed E-state index contributed by atoms with van der Waals surface area (Å²) in [6, 6.07) is 3.20. The maximum absolute atomic E-state index is 12.7. The normalized spacial score (nSPS) is 16.8. The van der Waals surface area contributed by atoms with Gasteiger partial charge in [-0.1, -0.05) is 48.1 Å². The van der Waals surface area contributed by atoms with E-state index in [1.165, 1.54) is 0 Å². The maximum Gasteiger partial charge on any atom is 0.436 e. The minimum atomic E-state index is -4.52. The van der Waals surface area contributed by atoms with Crippen LogP contribution < -0.4 is 10.6 Å². The smallest absolute Gasteiger partial charge is 0.436 e. The average molecular weight is 457 g/mol. The first kappa shape index (κ1) is 21.6. The first-order valence-corrected chi connectivity index (χ1v) is 9.96. The maximum atomic E-state index is 12.7. The average Bonchev–Trinajstić information content (AvgIpc) is 3.20. The molecule has 1 saturated carbocycles. The lowest BCUT2D eigenvalue weighted by atomic mass is 10.00. The van der Waals surface area contributed by atoms with E-state index in [0.717, 1.165) is 25.7 Å². The number of aromatic nitrogens is 1. The third-order valence-corrected chi connectivity index (χ3v) is 5.57. The summed E-state index contributed by atoms with van der Waals surface area (Å²) in [7, 11) is 0. The Morgan fingerprint density at radius 3 is 2.36 bits per heavy atom. The molecule has 1 aromatic carbocycles. The van der Waals surface area contributed by atoms with Crippen LogP contribution in [0.5, 0.6) is 0 Å². The lowest BCUT2D eigenvalue weighted by molar-refractivity contribution is -0.141. The molecule has 1 aliphatic rings. The molecule has 0 bridgehead atoms. The number of nitrogens with one attached hydrogen (secondary N) is 2. The molecular weight excluding hydrogens is 438 g/mol. The molecule has 2 aromatic rings. The highest BCUT2D eigenvalue weighted by Gasteiger charge is 2.49. The molecule has 1 heterocycles. The van der Waals surface area contributed by atoms with Crippen LogP contribution in [0.3, 0.4) is 0 Å². The van der Waals surface area contributed by atoms with E-state index in [1.54, 1.807) is 12.1 Å². The first-order chi connectivity index (χ1) is 13.1. The van der Waals surface area contributed by atoms with E-state index in [2.05, 4.69) is 15.6 Å². The van der Waals surface area contributed by atoms with Crippen molar-refractivity contribution < 1.29 is 17.6 Å². The Hall–Kier alpha value is -1.15. The molecule has 10 heteroatoms. The van der Waals surface area contributed by atoms with Crippen molar-refractivity contribution in [3.05, 3.63) is 45.0 Å². The topological polar surface area (TPSA) is 50.1 Å². The summed E-state index contributed by atoms with van der Waals surface area (Å²) >= 11 is 18.5. The van der Waals surface area contributed by atoms with Gasteiger partial charge in [0.15, 0.2) is 5.69 Å². The van der Waals surface area contributed by atoms with Gasteiger partial charge in [0.1, 0.15) is 6.26 Å². The van der Waals surface area contributed by atoms with Gasteiger partial charge in [0.2, 0.25) is 5.89 Å². The highest BCUT2D eigenvalue weighted by molar-refractivity contribution is 6.41. The number of halogens is 6. The van der Waals surface area contributed by atoms with Crippen molar-refractivity contribution in [1.82, 2.24) is 10.3 Å². The van der Waals surface area contributed by atoms with Gasteiger partial charge in [0, 0.05) is 11.1 Å². The molecule has 1 fully saturated rings. The zero-order chi connectivity index (χ0) is 20.5. The zero-order valence-corrected chi connectivity index (χ0v) is 17.2. The van der Waals surface area contributed by atoms with Crippen molar-refractivity contribution in [3.8, 4) is 0 Å². The Bertz CT molecular complexity index is 814. The van der Waals surface area contributed by atoms with Gasteiger partial charge in [0.05, 0.1) is 27.8 Å². The van der Waals surface area contributed by atoms with Gasteiger partial charge >= 0.3 is 6.18 Å². The molecule has 1 atom stereocenters. The minimum Gasteiger partial charge on any atom is -0.447 e. The SMILES string of the molecule is CCCC(NCc1nc(C(F)(F)F)co1)C1(Nc2c(Cl)cc(Cl)cc2Cl)CC1. The Labute approximate surface area is 175 Å². The third-order valence-electron chi connectivity index (χ3n) is 4.76. The minimum absolute atomic E-state index is 0.00761. The van der Waals surface area contributed by atoms with E-state index < -0.39 is 11.9 Å². The number of anilines is 1. The summed E-state index contributed by atoms with van der Waals surface area (Å²) in [5.74, 6) is -0.00761. The van der Waals surface area contributed by atoms with E-state index in [4.69, 9.17) is 39.2 Å². The lowest BCUT2D eigenvalue weighted by Crippen LogP contribution is -2.46. The Morgan fingerprint density at radius 1 is 1.21 bits per heavy atom. The molecule has 154 valence electrons. The first-order valence-electron chi connectivity index (χ1n) is 8.82. The van der Waals surface area contributed by atoms with Crippen molar-refractivity contribution in [2.45, 2.75) is 56.9 Å². The number of hydrogen-bond acceptors (Lipinski definition) is 4. The van der Waals surface area contributed by atoms with E-state index in [9.17, 15) is 13.2 Å². The van der Waals surface area contributed by atoms with Crippen LogP contribution in [0.15, 0.2) is 22.8 Å². The van der Waals surface area contributed by atoms with Crippen molar-refractivity contribution in [2.24, 2.45) is 0 Å². The molecule has 1 aromatic heterocycles. The predicted molar refractivity (Wildman–Crippen MR) is 104 cm³/mol. The lowest BCUT2D eigenvalue weighted by Gasteiger charge is -2.30. The molecule has 1 unspecified atom stereocenters. The molecular formula is C18H19Cl3F3N3O. The van der Waals surface area contributed by atoms with Crippen LogP contribution in [-0.4, -0.2) is 16.6 Å². The zero-order valence-electron chi connectivity index (χ0n) is 15.0. The molecule has 3 rings (SSSR count). The van der Waals surface area contributed by atoms with Gasteiger partial charge < -0.3 is 15.1 Å². The second kappa shape index (κ2) is 8.30. The van der Waals surface area contributed by atoms with Crippen LogP contribution in [0.25, 0.3) is 0 Å². The van der Waals surface area contributed by atoms with Gasteiger partial charge in [-0.2, -0.15) is 13.2 Å². The van der Waals surface area contributed by atoms with Gasteiger partial charge in [-0.15, -0.1) is 0 Å². The fourth-order valence-electron chi connectivity index (χ4n) is 3.20. The van der Waals surface area contributed by atoms with Crippen LogP contribution in [0.4, 0.5) is 18.9 Å². The number of oxazole rings is 1. The molecule has 1 aliphatic carbocycles. The van der Waals surface area contributed by atoms with Gasteiger partial charge in [-0.25, -0.2) is 4.98 Å². The molecule has 0 radical (unpaired) electrons. The molecule has 28 heavy (non-hydrogen) atoms. The van der Waals surface area contributed by atoms with Crippen LogP contribution >= 0.6 is 34.8 Å². The molecule has 2 N–H and O–H groups in total. The summed E-state index contributed by atoms with van der Waals surface area (Å²) in [6.07, 6.45) is -0.444. The summed E-state index contributed by atoms with van der Waals surface area (Å²) < 4.78 is 43.0. The number of alkyl halides is 3. The monoisotopic (exact) mass is 455 g/mol. The fraction of sp³-hybridized carbons (Fsp3) is 0.500. The van der Waals surface area contributed by atoms with Crippen molar-refractivity contribution >= 4 is 40.5 Å². The highest BCUT2D eigenvalue weighted by atomic mass is 35.5. The van der Waals surface area contributed by atoms with Crippen molar-refractivity contribution in [3.63, 3.8) is 0 Å².